The molecule has 2 nitrogen and oxygen atoms in total. The Kier molecular flexibility index (Phi) is 13.8. The second-order valence-electron chi connectivity index (χ2n) is 4.90. The van der Waals surface area contributed by atoms with Crippen LogP contribution in [0.2, 0.25) is 0 Å². The van der Waals surface area contributed by atoms with E-state index in [4.69, 9.17) is 4.74 Å². The van der Waals surface area contributed by atoms with Gasteiger partial charge < -0.3 is 4.74 Å². The molecule has 1 unspecified atom stereocenters. The first kappa shape index (κ1) is 18.2. The molecule has 108 valence electrons. The summed E-state index contributed by atoms with van der Waals surface area (Å²) < 4.78 is 5.26. The molecule has 0 aliphatic rings. The van der Waals surface area contributed by atoms with E-state index in [0.29, 0.717) is 6.61 Å². The van der Waals surface area contributed by atoms with Gasteiger partial charge in [-0.25, -0.2) is 0 Å². The molecule has 3 heteroatoms. The van der Waals surface area contributed by atoms with Gasteiger partial charge in [-0.1, -0.05) is 87.8 Å². The van der Waals surface area contributed by atoms with Crippen LogP contribution in [0.1, 0.15) is 78.1 Å². The number of unbranched alkanes of at least 4 members (excludes halogenated alkanes) is 7. The van der Waals surface area contributed by atoms with E-state index >= 15 is 0 Å². The van der Waals surface area contributed by atoms with Crippen molar-refractivity contribution in [3.63, 3.8) is 0 Å². The molecule has 0 aliphatic carbocycles. The molecule has 0 aromatic carbocycles. The van der Waals surface area contributed by atoms with Crippen LogP contribution < -0.4 is 0 Å². The van der Waals surface area contributed by atoms with E-state index in [-0.39, 0.29) is 9.89 Å². The molecule has 0 N–H and O–H groups in total. The molecule has 0 saturated heterocycles. The lowest BCUT2D eigenvalue weighted by molar-refractivity contribution is -0.142. The van der Waals surface area contributed by atoms with Crippen molar-refractivity contribution in [1.82, 2.24) is 0 Å². The Morgan fingerprint density at radius 1 is 0.944 bits per heavy atom. The minimum atomic E-state index is -0.0185. The van der Waals surface area contributed by atoms with Crippen LogP contribution in [-0.4, -0.2) is 16.5 Å². The number of alkyl halides is 1. The lowest BCUT2D eigenvalue weighted by atomic mass is 10.1. The molecule has 0 heterocycles. The molecule has 0 amide bonds. The number of carbonyl (C=O) groups is 1. The molecule has 0 rings (SSSR count). The number of ether oxygens (including phenoxy) is 1. The van der Waals surface area contributed by atoms with Gasteiger partial charge in [-0.05, 0) is 12.8 Å². The Hall–Kier alpha value is 0.200. The molecule has 1 atom stereocenters. The summed E-state index contributed by atoms with van der Waals surface area (Å²) in [6.45, 7) is 4.94. The highest BCUT2D eigenvalue weighted by Gasteiger charge is 2.15. The average molecular weight is 368 g/mol. The molecule has 0 aliphatic heterocycles. The van der Waals surface area contributed by atoms with E-state index in [1.165, 1.54) is 38.5 Å². The second kappa shape index (κ2) is 13.6. The predicted molar refractivity (Wildman–Crippen MR) is 86.3 cm³/mol. The molecule has 18 heavy (non-hydrogen) atoms. The lowest BCUT2D eigenvalue weighted by Crippen LogP contribution is -2.17. The highest BCUT2D eigenvalue weighted by atomic mass is 127. The van der Waals surface area contributed by atoms with Crippen LogP contribution in [0.25, 0.3) is 0 Å². The zero-order chi connectivity index (χ0) is 13.6. The van der Waals surface area contributed by atoms with E-state index in [1.807, 2.05) is 0 Å². The van der Waals surface area contributed by atoms with Crippen LogP contribution in [0.3, 0.4) is 0 Å². The molecule has 0 aromatic heterocycles. The SMILES string of the molecule is CCCCCCCCCC(I)C(=O)OCCCC. The number of hydrogen-bond acceptors (Lipinski definition) is 2. The van der Waals surface area contributed by atoms with Crippen molar-refractivity contribution in [1.29, 1.82) is 0 Å². The summed E-state index contributed by atoms with van der Waals surface area (Å²) in [4.78, 5) is 11.6. The third-order valence-electron chi connectivity index (χ3n) is 3.06. The normalized spacial score (nSPS) is 12.4. The highest BCUT2D eigenvalue weighted by Crippen LogP contribution is 2.15. The van der Waals surface area contributed by atoms with Crippen LogP contribution in [0.5, 0.6) is 0 Å². The summed E-state index contributed by atoms with van der Waals surface area (Å²) >= 11 is 2.22. The van der Waals surface area contributed by atoms with Crippen molar-refractivity contribution in [3.05, 3.63) is 0 Å². The van der Waals surface area contributed by atoms with Gasteiger partial charge >= 0.3 is 5.97 Å². The minimum Gasteiger partial charge on any atom is -0.465 e. The van der Waals surface area contributed by atoms with Gasteiger partial charge in [-0.15, -0.1) is 0 Å². The fourth-order valence-electron chi connectivity index (χ4n) is 1.81. The van der Waals surface area contributed by atoms with Gasteiger partial charge in [0, 0.05) is 0 Å². The number of esters is 1. The summed E-state index contributed by atoms with van der Waals surface area (Å²) in [5.41, 5.74) is 0. The first-order valence-electron chi connectivity index (χ1n) is 7.53. The van der Waals surface area contributed by atoms with Crippen LogP contribution >= 0.6 is 22.6 Å². The Morgan fingerprint density at radius 3 is 2.11 bits per heavy atom. The van der Waals surface area contributed by atoms with Crippen LogP contribution in [0.4, 0.5) is 0 Å². The van der Waals surface area contributed by atoms with Crippen LogP contribution in [0, 0.1) is 0 Å². The van der Waals surface area contributed by atoms with Crippen molar-refractivity contribution in [3.8, 4) is 0 Å². The van der Waals surface area contributed by atoms with Gasteiger partial charge in [0.15, 0.2) is 0 Å². The Bertz CT molecular complexity index is 195. The summed E-state index contributed by atoms with van der Waals surface area (Å²) in [5, 5.41) is 0. The van der Waals surface area contributed by atoms with Gasteiger partial charge in [0.05, 0.1) is 6.61 Å². The van der Waals surface area contributed by atoms with Crippen molar-refractivity contribution >= 4 is 28.6 Å². The number of halogens is 1. The molecule has 0 bridgehead atoms. The van der Waals surface area contributed by atoms with Gasteiger partial charge in [0.1, 0.15) is 3.92 Å². The first-order valence-corrected chi connectivity index (χ1v) is 8.77. The third-order valence-corrected chi connectivity index (χ3v) is 4.19. The van der Waals surface area contributed by atoms with Crippen molar-refractivity contribution in [2.24, 2.45) is 0 Å². The Balaban J connectivity index is 3.34. The van der Waals surface area contributed by atoms with E-state index in [9.17, 15) is 4.79 Å². The summed E-state index contributed by atoms with van der Waals surface area (Å²) in [6.07, 6.45) is 12.1. The van der Waals surface area contributed by atoms with Crippen LogP contribution in [-0.2, 0) is 9.53 Å². The zero-order valence-corrected chi connectivity index (χ0v) is 14.2. The first-order chi connectivity index (χ1) is 8.72. The van der Waals surface area contributed by atoms with Crippen molar-refractivity contribution in [2.75, 3.05) is 6.61 Å². The number of hydrogen-bond donors (Lipinski definition) is 0. The van der Waals surface area contributed by atoms with Crippen molar-refractivity contribution < 1.29 is 9.53 Å². The number of rotatable bonds is 12. The molecular weight excluding hydrogens is 339 g/mol. The molecule has 0 aromatic rings. The summed E-state index contributed by atoms with van der Waals surface area (Å²) in [6, 6.07) is 0. The maximum absolute atomic E-state index is 11.6. The summed E-state index contributed by atoms with van der Waals surface area (Å²) in [7, 11) is 0. The van der Waals surface area contributed by atoms with Gasteiger partial charge in [0.2, 0.25) is 0 Å². The summed E-state index contributed by atoms with van der Waals surface area (Å²) in [5.74, 6) is -0.0185. The Labute approximate surface area is 126 Å². The monoisotopic (exact) mass is 368 g/mol. The second-order valence-corrected chi connectivity index (χ2v) is 6.40. The lowest BCUT2D eigenvalue weighted by Gasteiger charge is -2.09. The maximum Gasteiger partial charge on any atom is 0.318 e. The minimum absolute atomic E-state index is 0.0185. The maximum atomic E-state index is 11.6. The van der Waals surface area contributed by atoms with E-state index in [2.05, 4.69) is 36.4 Å². The van der Waals surface area contributed by atoms with Gasteiger partial charge in [-0.3, -0.25) is 4.79 Å². The largest absolute Gasteiger partial charge is 0.465 e. The molecule has 0 fully saturated rings. The molecular formula is C15H29IO2. The van der Waals surface area contributed by atoms with Gasteiger partial charge in [-0.2, -0.15) is 0 Å². The standard InChI is InChI=1S/C15H29IO2/c1-3-5-7-8-9-10-11-12-14(16)15(17)18-13-6-4-2/h14H,3-13H2,1-2H3. The third kappa shape index (κ3) is 11.3. The fraction of sp³-hybridized carbons (Fsp3) is 0.933. The van der Waals surface area contributed by atoms with E-state index < -0.39 is 0 Å². The zero-order valence-electron chi connectivity index (χ0n) is 12.0. The number of carbonyl (C=O) groups excluding carboxylic acids is 1. The molecule has 0 saturated carbocycles. The van der Waals surface area contributed by atoms with Crippen molar-refractivity contribution in [2.45, 2.75) is 82.0 Å². The highest BCUT2D eigenvalue weighted by molar-refractivity contribution is 14.1. The van der Waals surface area contributed by atoms with Crippen LogP contribution in [0.15, 0.2) is 0 Å². The van der Waals surface area contributed by atoms with E-state index in [0.717, 1.165) is 25.7 Å². The smallest absolute Gasteiger partial charge is 0.318 e. The Morgan fingerprint density at radius 2 is 1.50 bits per heavy atom. The topological polar surface area (TPSA) is 26.3 Å². The van der Waals surface area contributed by atoms with Gasteiger partial charge in [0.25, 0.3) is 0 Å². The molecule has 0 spiro atoms. The predicted octanol–water partition coefficient (Wildman–Crippen LogP) is 5.27. The fourth-order valence-corrected chi connectivity index (χ4v) is 2.43. The molecule has 0 radical (unpaired) electrons. The van der Waals surface area contributed by atoms with E-state index in [1.54, 1.807) is 0 Å². The average Bonchev–Trinajstić information content (AvgIpc) is 2.37. The quantitative estimate of drug-likeness (QED) is 0.203.